The number of nitrogens with zero attached hydrogens (tertiary/aromatic N) is 1. The molecule has 0 aliphatic carbocycles. The Bertz CT molecular complexity index is 194. The third kappa shape index (κ3) is 2.33. The first-order valence-electron chi connectivity index (χ1n) is 2.29. The van der Waals surface area contributed by atoms with Gasteiger partial charge in [0, 0.05) is 0 Å². The fourth-order valence-corrected chi connectivity index (χ4v) is 0.899. The number of hydrogen-bond donors (Lipinski definition) is 2. The molecule has 0 spiro atoms. The molecular formula is C4H5N3Se2. The zero-order valence-electron chi connectivity index (χ0n) is 4.46. The second kappa shape index (κ2) is 3.18. The maximum atomic E-state index is 3.87. The van der Waals surface area contributed by atoms with E-state index >= 15 is 0 Å². The van der Waals surface area contributed by atoms with E-state index in [2.05, 4.69) is 47.1 Å². The Kier molecular flexibility index (Phi) is 2.48. The molecule has 1 aromatic rings. The molecule has 3 nitrogen and oxygen atoms in total. The molecule has 0 unspecified atom stereocenters. The summed E-state index contributed by atoms with van der Waals surface area (Å²) in [7, 11) is 0. The van der Waals surface area contributed by atoms with Gasteiger partial charge in [0.15, 0.2) is 0 Å². The van der Waals surface area contributed by atoms with E-state index in [4.69, 9.17) is 0 Å². The third-order valence-electron chi connectivity index (χ3n) is 0.736. The van der Waals surface area contributed by atoms with Gasteiger partial charge in [-0.3, -0.25) is 0 Å². The van der Waals surface area contributed by atoms with Crippen molar-refractivity contribution in [3.05, 3.63) is 12.3 Å². The van der Waals surface area contributed by atoms with Crippen LogP contribution in [0.25, 0.3) is 0 Å². The van der Waals surface area contributed by atoms with Crippen molar-refractivity contribution in [2.45, 2.75) is 0 Å². The molecule has 0 radical (unpaired) electrons. The van der Waals surface area contributed by atoms with Crippen LogP contribution in [0.1, 0.15) is 0 Å². The van der Waals surface area contributed by atoms with Crippen LogP contribution in [0.3, 0.4) is 0 Å². The summed E-state index contributed by atoms with van der Waals surface area (Å²) in [6.45, 7) is 0. The summed E-state index contributed by atoms with van der Waals surface area (Å²) >= 11 is 5.16. The van der Waals surface area contributed by atoms with Crippen molar-refractivity contribution in [3.63, 3.8) is 0 Å². The van der Waals surface area contributed by atoms with Gasteiger partial charge in [-0.25, -0.2) is 0 Å². The Morgan fingerprint density at radius 3 is 3.11 bits per heavy atom. The number of nitrogens with one attached hydrogen (secondary N) is 2. The van der Waals surface area contributed by atoms with Crippen molar-refractivity contribution < 1.29 is 0 Å². The van der Waals surface area contributed by atoms with Crippen LogP contribution in [-0.4, -0.2) is 45.2 Å². The second-order valence-electron chi connectivity index (χ2n) is 1.39. The zero-order chi connectivity index (χ0) is 6.69. The molecule has 0 bridgehead atoms. The van der Waals surface area contributed by atoms with Crippen molar-refractivity contribution in [1.82, 2.24) is 10.2 Å². The average molecular weight is 253 g/mol. The van der Waals surface area contributed by atoms with Gasteiger partial charge in [0.1, 0.15) is 0 Å². The molecule has 1 heterocycles. The van der Waals surface area contributed by atoms with E-state index in [1.807, 2.05) is 6.07 Å². The number of hydrogen-bond acceptors (Lipinski definition) is 2. The molecule has 0 amide bonds. The van der Waals surface area contributed by atoms with Crippen molar-refractivity contribution in [1.29, 1.82) is 0 Å². The van der Waals surface area contributed by atoms with E-state index in [1.165, 1.54) is 0 Å². The summed E-state index contributed by atoms with van der Waals surface area (Å²) in [6, 6.07) is 1.85. The summed E-state index contributed by atoms with van der Waals surface area (Å²) in [6.07, 6.45) is 1.76. The molecule has 5 heteroatoms. The van der Waals surface area contributed by atoms with Gasteiger partial charge in [-0.1, -0.05) is 0 Å². The van der Waals surface area contributed by atoms with Crippen LogP contribution < -0.4 is 5.32 Å². The molecule has 0 aromatic carbocycles. The SMILES string of the molecule is [Se]=C([SeH])Nc1cc[nH]n1. The monoisotopic (exact) mass is 255 g/mol. The second-order valence-corrected chi connectivity index (χ2v) is 4.66. The van der Waals surface area contributed by atoms with Gasteiger partial charge < -0.3 is 0 Å². The number of anilines is 1. The summed E-state index contributed by atoms with van der Waals surface area (Å²) in [5.74, 6) is 0.823. The van der Waals surface area contributed by atoms with Crippen LogP contribution >= 0.6 is 0 Å². The molecular weight excluding hydrogens is 248 g/mol. The Balaban J connectivity index is 2.58. The number of aromatic nitrogens is 2. The van der Waals surface area contributed by atoms with E-state index in [1.54, 1.807) is 6.20 Å². The maximum absolute atomic E-state index is 3.87. The summed E-state index contributed by atoms with van der Waals surface area (Å²) < 4.78 is 0.953. The van der Waals surface area contributed by atoms with Gasteiger partial charge >= 0.3 is 68.6 Å². The number of H-pyrrole nitrogens is 1. The van der Waals surface area contributed by atoms with Gasteiger partial charge in [-0.2, -0.15) is 0 Å². The molecule has 1 aromatic heterocycles. The topological polar surface area (TPSA) is 40.7 Å². The van der Waals surface area contributed by atoms with Gasteiger partial charge in [0.2, 0.25) is 0 Å². The van der Waals surface area contributed by atoms with E-state index in [0.29, 0.717) is 0 Å². The third-order valence-corrected chi connectivity index (χ3v) is 1.18. The quantitative estimate of drug-likeness (QED) is 0.662. The van der Waals surface area contributed by atoms with Gasteiger partial charge in [-0.15, -0.1) is 0 Å². The average Bonchev–Trinajstić information content (AvgIpc) is 2.15. The number of aromatic amines is 1. The van der Waals surface area contributed by atoms with Crippen molar-refractivity contribution in [3.8, 4) is 0 Å². The molecule has 0 atom stereocenters. The predicted molar refractivity (Wildman–Crippen MR) is 40.1 cm³/mol. The first-order valence-corrected chi connectivity index (χ1v) is 4.08. The Hall–Kier alpha value is -0.0810. The minimum absolute atomic E-state index is 0.823. The minimum atomic E-state index is 0.823. The first-order chi connectivity index (χ1) is 4.29. The van der Waals surface area contributed by atoms with Gasteiger partial charge in [0.05, 0.1) is 0 Å². The Morgan fingerprint density at radius 1 is 1.89 bits per heavy atom. The standard InChI is InChI=1S/C4H5N3Se2/c8-4(9)6-3-1-2-5-7-3/h1-2H,(H3,5,6,7,8,9). The zero-order valence-corrected chi connectivity index (χ0v) is 8.05. The molecule has 0 aliphatic heterocycles. The molecule has 0 saturated heterocycles. The molecule has 48 valence electrons. The molecule has 9 heavy (non-hydrogen) atoms. The van der Waals surface area contributed by atoms with Crippen molar-refractivity contribution >= 4 is 40.8 Å². The summed E-state index contributed by atoms with van der Waals surface area (Å²) in [5.41, 5.74) is 0. The van der Waals surface area contributed by atoms with Crippen LogP contribution in [0, 0.1) is 0 Å². The van der Waals surface area contributed by atoms with Crippen LogP contribution in [-0.2, 0) is 0 Å². The van der Waals surface area contributed by atoms with Crippen LogP contribution in [0.4, 0.5) is 5.82 Å². The van der Waals surface area contributed by atoms with Crippen molar-refractivity contribution in [2.24, 2.45) is 0 Å². The van der Waals surface area contributed by atoms with Gasteiger partial charge in [0.25, 0.3) is 0 Å². The fourth-order valence-electron chi connectivity index (χ4n) is 0.439. The summed E-state index contributed by atoms with van der Waals surface area (Å²) in [4.78, 5) is 0. The van der Waals surface area contributed by atoms with Crippen LogP contribution in [0.2, 0.25) is 0 Å². The molecule has 0 saturated carbocycles. The summed E-state index contributed by atoms with van der Waals surface area (Å²) in [5, 5.41) is 9.53. The van der Waals surface area contributed by atoms with E-state index in [0.717, 1.165) is 9.26 Å². The van der Waals surface area contributed by atoms with Crippen LogP contribution in [0.15, 0.2) is 12.3 Å². The van der Waals surface area contributed by atoms with E-state index in [-0.39, 0.29) is 0 Å². The van der Waals surface area contributed by atoms with Crippen LogP contribution in [0.5, 0.6) is 0 Å². The fraction of sp³-hybridized carbons (Fsp3) is 0. The molecule has 0 aliphatic rings. The van der Waals surface area contributed by atoms with Crippen molar-refractivity contribution in [2.75, 3.05) is 5.32 Å². The van der Waals surface area contributed by atoms with Gasteiger partial charge in [-0.05, 0) is 0 Å². The Morgan fingerprint density at radius 2 is 2.67 bits per heavy atom. The first kappa shape index (κ1) is 7.03. The van der Waals surface area contributed by atoms with E-state index in [9.17, 15) is 0 Å². The molecule has 0 fully saturated rings. The predicted octanol–water partition coefficient (Wildman–Crippen LogP) is -1.02. The number of rotatable bonds is 2. The Labute approximate surface area is 68.8 Å². The molecule has 1 rings (SSSR count). The normalized spacial score (nSPS) is 9.00. The van der Waals surface area contributed by atoms with E-state index < -0.39 is 0 Å². The molecule has 2 N–H and O–H groups in total.